The van der Waals surface area contributed by atoms with Gasteiger partial charge in [0, 0.05) is 26.3 Å². The predicted molar refractivity (Wildman–Crippen MR) is 88.1 cm³/mol. The Balaban J connectivity index is 1.46. The van der Waals surface area contributed by atoms with E-state index in [0.29, 0.717) is 26.3 Å². The molecule has 24 heavy (non-hydrogen) atoms. The van der Waals surface area contributed by atoms with Crippen LogP contribution in [0.25, 0.3) is 0 Å². The zero-order chi connectivity index (χ0) is 16.8. The van der Waals surface area contributed by atoms with Crippen molar-refractivity contribution in [2.45, 2.75) is 51.0 Å². The largest absolute Gasteiger partial charge is 0.368 e. The molecule has 2 aliphatic heterocycles. The Kier molecular flexibility index (Phi) is 5.82. The van der Waals surface area contributed by atoms with Crippen LogP contribution in [0.2, 0.25) is 0 Å². The maximum atomic E-state index is 12.0. The van der Waals surface area contributed by atoms with Crippen molar-refractivity contribution in [3.8, 4) is 0 Å². The van der Waals surface area contributed by atoms with Crippen molar-refractivity contribution in [3.05, 3.63) is 35.4 Å². The molecule has 0 saturated carbocycles. The quantitative estimate of drug-likeness (QED) is 0.823. The summed E-state index contributed by atoms with van der Waals surface area (Å²) in [6, 6.07) is 7.84. The smallest absolute Gasteiger partial charge is 0.249 e. The molecule has 2 heterocycles. The Hall–Kier alpha value is -1.92. The number of hydrogen-bond donors (Lipinski definition) is 2. The second kappa shape index (κ2) is 8.26. The maximum absolute atomic E-state index is 12.0. The van der Waals surface area contributed by atoms with Crippen LogP contribution in [0, 0.1) is 0 Å². The molecule has 2 amide bonds. The number of benzene rings is 1. The van der Waals surface area contributed by atoms with Gasteiger partial charge in [-0.1, -0.05) is 24.3 Å². The van der Waals surface area contributed by atoms with E-state index in [4.69, 9.17) is 9.47 Å². The standard InChI is InChI=1S/C18H24N2O4/c21-17(15-6-2-8-23-15)19-11-13-4-1-5-14(10-13)12-20-18(22)16-7-3-9-24-16/h1,4-5,10,15-16H,2-3,6-9,11-12H2,(H,19,21)(H,20,22)/t15-,16+. The minimum atomic E-state index is -0.307. The molecule has 2 N–H and O–H groups in total. The van der Waals surface area contributed by atoms with E-state index in [1.165, 1.54) is 0 Å². The molecule has 1 aromatic carbocycles. The van der Waals surface area contributed by atoms with E-state index in [2.05, 4.69) is 10.6 Å². The zero-order valence-electron chi connectivity index (χ0n) is 13.8. The lowest BCUT2D eigenvalue weighted by Crippen LogP contribution is -2.34. The molecule has 1 aromatic rings. The van der Waals surface area contributed by atoms with E-state index >= 15 is 0 Å². The fourth-order valence-corrected chi connectivity index (χ4v) is 3.02. The number of hydrogen-bond acceptors (Lipinski definition) is 4. The van der Waals surface area contributed by atoms with Gasteiger partial charge in [-0.05, 0) is 36.8 Å². The van der Waals surface area contributed by atoms with Crippen molar-refractivity contribution < 1.29 is 19.1 Å². The van der Waals surface area contributed by atoms with Crippen LogP contribution in [0.5, 0.6) is 0 Å². The highest BCUT2D eigenvalue weighted by Gasteiger charge is 2.24. The average molecular weight is 332 g/mol. The van der Waals surface area contributed by atoms with E-state index in [-0.39, 0.29) is 24.0 Å². The summed E-state index contributed by atoms with van der Waals surface area (Å²) in [6.07, 6.45) is 2.86. The summed E-state index contributed by atoms with van der Waals surface area (Å²) in [5.41, 5.74) is 2.01. The molecule has 2 aliphatic rings. The summed E-state index contributed by atoms with van der Waals surface area (Å²) < 4.78 is 10.7. The highest BCUT2D eigenvalue weighted by molar-refractivity contribution is 5.81. The predicted octanol–water partition coefficient (Wildman–Crippen LogP) is 1.28. The monoisotopic (exact) mass is 332 g/mol. The van der Waals surface area contributed by atoms with Gasteiger partial charge in [0.1, 0.15) is 12.2 Å². The first-order valence-electron chi connectivity index (χ1n) is 8.59. The van der Waals surface area contributed by atoms with E-state index in [1.54, 1.807) is 0 Å². The van der Waals surface area contributed by atoms with Crippen LogP contribution >= 0.6 is 0 Å². The molecule has 0 radical (unpaired) electrons. The minimum Gasteiger partial charge on any atom is -0.368 e. The molecule has 0 spiro atoms. The lowest BCUT2D eigenvalue weighted by molar-refractivity contribution is -0.130. The maximum Gasteiger partial charge on any atom is 0.249 e. The lowest BCUT2D eigenvalue weighted by Gasteiger charge is -2.12. The molecule has 130 valence electrons. The van der Waals surface area contributed by atoms with Crippen molar-refractivity contribution >= 4 is 11.8 Å². The molecule has 2 saturated heterocycles. The summed E-state index contributed by atoms with van der Waals surface area (Å²) in [4.78, 5) is 23.9. The molecule has 2 atom stereocenters. The van der Waals surface area contributed by atoms with E-state index < -0.39 is 0 Å². The second-order valence-electron chi connectivity index (χ2n) is 6.26. The van der Waals surface area contributed by atoms with Gasteiger partial charge >= 0.3 is 0 Å². The van der Waals surface area contributed by atoms with Crippen LogP contribution in [0.3, 0.4) is 0 Å². The van der Waals surface area contributed by atoms with Crippen molar-refractivity contribution in [2.75, 3.05) is 13.2 Å². The Morgan fingerprint density at radius 1 is 0.917 bits per heavy atom. The van der Waals surface area contributed by atoms with E-state index in [1.807, 2.05) is 24.3 Å². The Morgan fingerprint density at radius 2 is 1.42 bits per heavy atom. The molecule has 0 aromatic heterocycles. The normalized spacial score (nSPS) is 23.2. The van der Waals surface area contributed by atoms with Crippen LogP contribution in [-0.2, 0) is 32.2 Å². The summed E-state index contributed by atoms with van der Waals surface area (Å²) in [6.45, 7) is 2.26. The van der Waals surface area contributed by atoms with Crippen molar-refractivity contribution in [1.29, 1.82) is 0 Å². The molecule has 0 aliphatic carbocycles. The van der Waals surface area contributed by atoms with Gasteiger partial charge < -0.3 is 20.1 Å². The molecule has 0 unspecified atom stereocenters. The van der Waals surface area contributed by atoms with E-state index in [0.717, 1.165) is 36.8 Å². The number of carbonyl (C=O) groups excluding carboxylic acids is 2. The fraction of sp³-hybridized carbons (Fsp3) is 0.556. The van der Waals surface area contributed by atoms with Gasteiger partial charge in [-0.15, -0.1) is 0 Å². The van der Waals surface area contributed by atoms with Crippen molar-refractivity contribution in [1.82, 2.24) is 10.6 Å². The summed E-state index contributed by atoms with van der Waals surface area (Å²) >= 11 is 0. The van der Waals surface area contributed by atoms with Crippen LogP contribution in [0.4, 0.5) is 0 Å². The molecular weight excluding hydrogens is 308 g/mol. The highest BCUT2D eigenvalue weighted by atomic mass is 16.5. The topological polar surface area (TPSA) is 76.7 Å². The van der Waals surface area contributed by atoms with Crippen LogP contribution in [-0.4, -0.2) is 37.2 Å². The molecule has 6 heteroatoms. The first-order valence-corrected chi connectivity index (χ1v) is 8.59. The number of nitrogens with one attached hydrogen (secondary N) is 2. The van der Waals surface area contributed by atoms with Crippen molar-refractivity contribution in [3.63, 3.8) is 0 Å². The highest BCUT2D eigenvalue weighted by Crippen LogP contribution is 2.13. The number of rotatable bonds is 6. The molecule has 2 fully saturated rings. The average Bonchev–Trinajstić information content (AvgIpc) is 3.31. The van der Waals surface area contributed by atoms with Gasteiger partial charge in [0.05, 0.1) is 0 Å². The second-order valence-corrected chi connectivity index (χ2v) is 6.26. The first kappa shape index (κ1) is 16.9. The molecule has 3 rings (SSSR count). The Labute approximate surface area is 141 Å². The summed E-state index contributed by atoms with van der Waals surface area (Å²) in [7, 11) is 0. The van der Waals surface area contributed by atoms with Crippen molar-refractivity contribution in [2.24, 2.45) is 0 Å². The Morgan fingerprint density at radius 3 is 1.83 bits per heavy atom. The van der Waals surface area contributed by atoms with Gasteiger partial charge in [-0.2, -0.15) is 0 Å². The third-order valence-electron chi connectivity index (χ3n) is 4.37. The third kappa shape index (κ3) is 4.55. The van der Waals surface area contributed by atoms with Crippen LogP contribution in [0.1, 0.15) is 36.8 Å². The number of amides is 2. The van der Waals surface area contributed by atoms with Gasteiger partial charge in [0.25, 0.3) is 0 Å². The van der Waals surface area contributed by atoms with Gasteiger partial charge in [0.2, 0.25) is 11.8 Å². The van der Waals surface area contributed by atoms with Gasteiger partial charge in [-0.25, -0.2) is 0 Å². The fourth-order valence-electron chi connectivity index (χ4n) is 3.02. The van der Waals surface area contributed by atoms with Crippen LogP contribution in [0.15, 0.2) is 24.3 Å². The Bertz CT molecular complexity index is 531. The molecule has 0 bridgehead atoms. The third-order valence-corrected chi connectivity index (χ3v) is 4.37. The number of carbonyl (C=O) groups is 2. The SMILES string of the molecule is O=C(NCc1cccc(CNC(=O)[C@H]2CCCO2)c1)[C@@H]1CCCO1. The van der Waals surface area contributed by atoms with Gasteiger partial charge in [0.15, 0.2) is 0 Å². The lowest BCUT2D eigenvalue weighted by atomic mass is 10.1. The summed E-state index contributed by atoms with van der Waals surface area (Å²) in [5, 5.41) is 5.81. The van der Waals surface area contributed by atoms with Crippen LogP contribution < -0.4 is 10.6 Å². The molecule has 6 nitrogen and oxygen atoms in total. The zero-order valence-corrected chi connectivity index (χ0v) is 13.8. The number of ether oxygens (including phenoxy) is 2. The first-order chi connectivity index (χ1) is 11.7. The van der Waals surface area contributed by atoms with Gasteiger partial charge in [-0.3, -0.25) is 9.59 Å². The summed E-state index contributed by atoms with van der Waals surface area (Å²) in [5.74, 6) is -0.103. The van der Waals surface area contributed by atoms with E-state index in [9.17, 15) is 9.59 Å². The molecular formula is C18H24N2O4. The minimum absolute atomic E-state index is 0.0513.